The number of esters is 1. The largest absolute Gasteiger partial charge is 0.465 e. The van der Waals surface area contributed by atoms with Crippen molar-refractivity contribution >= 4 is 5.97 Å². The standard InChI is InChI=1S/C11H24NO2/c1-5-8-12(3,4)9-7-10-14-11(13)6-2/h5-10H2,1-4H3/q+1. The van der Waals surface area contributed by atoms with Gasteiger partial charge in [-0.15, -0.1) is 0 Å². The summed E-state index contributed by atoms with van der Waals surface area (Å²) in [4.78, 5) is 10.8. The molecule has 3 heteroatoms. The fourth-order valence-corrected chi connectivity index (χ4v) is 1.50. The van der Waals surface area contributed by atoms with Crippen LogP contribution in [0.5, 0.6) is 0 Å². The van der Waals surface area contributed by atoms with Gasteiger partial charge >= 0.3 is 5.97 Å². The van der Waals surface area contributed by atoms with Crippen molar-refractivity contribution in [3.8, 4) is 0 Å². The van der Waals surface area contributed by atoms with Gasteiger partial charge in [0.25, 0.3) is 0 Å². The molecule has 0 bridgehead atoms. The summed E-state index contributed by atoms with van der Waals surface area (Å²) in [5.74, 6) is -0.0919. The van der Waals surface area contributed by atoms with Crippen molar-refractivity contribution in [1.29, 1.82) is 0 Å². The number of nitrogens with zero attached hydrogens (tertiary/aromatic N) is 1. The maximum absolute atomic E-state index is 10.8. The summed E-state index contributed by atoms with van der Waals surface area (Å²) < 4.78 is 6.03. The summed E-state index contributed by atoms with van der Waals surface area (Å²) in [6.07, 6.45) is 2.63. The van der Waals surface area contributed by atoms with Crippen molar-refractivity contribution < 1.29 is 14.0 Å². The zero-order valence-corrected chi connectivity index (χ0v) is 10.0. The molecule has 0 radical (unpaired) electrons. The molecule has 0 aromatic carbocycles. The van der Waals surface area contributed by atoms with Gasteiger partial charge in [-0.25, -0.2) is 0 Å². The quantitative estimate of drug-likeness (QED) is 0.357. The first-order valence-corrected chi connectivity index (χ1v) is 5.49. The lowest BCUT2D eigenvalue weighted by Gasteiger charge is -2.29. The summed E-state index contributed by atoms with van der Waals surface area (Å²) in [5.41, 5.74) is 0. The van der Waals surface area contributed by atoms with Crippen molar-refractivity contribution in [3.63, 3.8) is 0 Å². The third-order valence-electron chi connectivity index (χ3n) is 2.29. The third-order valence-corrected chi connectivity index (χ3v) is 2.29. The number of carbonyl (C=O) groups is 1. The first-order valence-electron chi connectivity index (χ1n) is 5.49. The minimum atomic E-state index is -0.0919. The van der Waals surface area contributed by atoms with E-state index >= 15 is 0 Å². The molecule has 0 fully saturated rings. The van der Waals surface area contributed by atoms with Gasteiger partial charge in [0.15, 0.2) is 0 Å². The molecule has 0 N–H and O–H groups in total. The van der Waals surface area contributed by atoms with Gasteiger partial charge in [-0.3, -0.25) is 4.79 Å². The summed E-state index contributed by atoms with van der Waals surface area (Å²) in [5, 5.41) is 0. The van der Waals surface area contributed by atoms with E-state index in [1.807, 2.05) is 6.92 Å². The average Bonchev–Trinajstić information content (AvgIpc) is 2.12. The van der Waals surface area contributed by atoms with Crippen LogP contribution in [0.15, 0.2) is 0 Å². The summed E-state index contributed by atoms with van der Waals surface area (Å²) in [6, 6.07) is 0. The Bertz CT molecular complexity index is 167. The van der Waals surface area contributed by atoms with E-state index < -0.39 is 0 Å². The molecule has 0 aliphatic rings. The predicted molar refractivity (Wildman–Crippen MR) is 58.0 cm³/mol. The molecule has 0 saturated heterocycles. The lowest BCUT2D eigenvalue weighted by atomic mass is 10.3. The van der Waals surface area contributed by atoms with Crippen molar-refractivity contribution in [2.24, 2.45) is 0 Å². The second-order valence-corrected chi connectivity index (χ2v) is 4.31. The molecule has 0 rings (SSSR count). The Hall–Kier alpha value is -0.570. The van der Waals surface area contributed by atoms with E-state index in [9.17, 15) is 4.79 Å². The smallest absolute Gasteiger partial charge is 0.305 e. The molecule has 0 heterocycles. The Morgan fingerprint density at radius 3 is 2.36 bits per heavy atom. The minimum Gasteiger partial charge on any atom is -0.465 e. The zero-order chi connectivity index (χ0) is 11.0. The van der Waals surface area contributed by atoms with Gasteiger partial charge in [0.05, 0.1) is 33.8 Å². The number of carbonyl (C=O) groups excluding carboxylic acids is 1. The van der Waals surface area contributed by atoms with E-state index in [2.05, 4.69) is 21.0 Å². The number of rotatable bonds is 7. The van der Waals surface area contributed by atoms with Gasteiger partial charge in [0.2, 0.25) is 0 Å². The van der Waals surface area contributed by atoms with E-state index in [1.54, 1.807) is 0 Å². The van der Waals surface area contributed by atoms with Gasteiger partial charge in [0.1, 0.15) is 0 Å². The molecule has 0 aromatic rings. The Morgan fingerprint density at radius 1 is 1.21 bits per heavy atom. The lowest BCUT2D eigenvalue weighted by molar-refractivity contribution is -0.890. The van der Waals surface area contributed by atoms with E-state index in [0.29, 0.717) is 13.0 Å². The molecular weight excluding hydrogens is 178 g/mol. The van der Waals surface area contributed by atoms with E-state index in [0.717, 1.165) is 17.4 Å². The molecule has 0 atom stereocenters. The van der Waals surface area contributed by atoms with Gasteiger partial charge in [0, 0.05) is 12.8 Å². The molecule has 14 heavy (non-hydrogen) atoms. The highest BCUT2D eigenvalue weighted by atomic mass is 16.5. The highest BCUT2D eigenvalue weighted by Crippen LogP contribution is 2.01. The molecule has 0 spiro atoms. The van der Waals surface area contributed by atoms with E-state index in [-0.39, 0.29) is 5.97 Å². The van der Waals surface area contributed by atoms with Gasteiger partial charge < -0.3 is 9.22 Å². The number of hydrogen-bond acceptors (Lipinski definition) is 2. The highest BCUT2D eigenvalue weighted by molar-refractivity contribution is 5.68. The van der Waals surface area contributed by atoms with Crippen LogP contribution in [-0.4, -0.2) is 44.2 Å². The van der Waals surface area contributed by atoms with Crippen LogP contribution < -0.4 is 0 Å². The molecule has 0 unspecified atom stereocenters. The Labute approximate surface area is 87.6 Å². The SMILES string of the molecule is CCC[N+](C)(C)CCCOC(=O)CC. The topological polar surface area (TPSA) is 26.3 Å². The monoisotopic (exact) mass is 202 g/mol. The molecule has 0 saturated carbocycles. The molecular formula is C11H24NO2+. The van der Waals surface area contributed by atoms with Crippen LogP contribution in [0, 0.1) is 0 Å². The average molecular weight is 202 g/mol. The van der Waals surface area contributed by atoms with Crippen molar-refractivity contribution in [2.75, 3.05) is 33.8 Å². The molecule has 0 aliphatic heterocycles. The van der Waals surface area contributed by atoms with Gasteiger partial charge in [-0.05, 0) is 6.42 Å². The first kappa shape index (κ1) is 13.4. The van der Waals surface area contributed by atoms with Crippen LogP contribution >= 0.6 is 0 Å². The molecule has 84 valence electrons. The number of quaternary nitrogens is 1. The summed E-state index contributed by atoms with van der Waals surface area (Å²) >= 11 is 0. The van der Waals surface area contributed by atoms with Crippen LogP contribution in [0.3, 0.4) is 0 Å². The minimum absolute atomic E-state index is 0.0919. The van der Waals surface area contributed by atoms with Gasteiger partial charge in [-0.1, -0.05) is 13.8 Å². The summed E-state index contributed by atoms with van der Waals surface area (Å²) in [7, 11) is 4.43. The Morgan fingerprint density at radius 2 is 1.86 bits per heavy atom. The van der Waals surface area contributed by atoms with Gasteiger partial charge in [-0.2, -0.15) is 0 Å². The van der Waals surface area contributed by atoms with Crippen molar-refractivity contribution in [1.82, 2.24) is 0 Å². The molecule has 3 nitrogen and oxygen atoms in total. The Balaban J connectivity index is 3.48. The molecule has 0 amide bonds. The first-order chi connectivity index (χ1) is 6.52. The molecule has 0 aliphatic carbocycles. The molecule has 0 aromatic heterocycles. The number of hydrogen-bond donors (Lipinski definition) is 0. The van der Waals surface area contributed by atoms with Crippen LogP contribution in [-0.2, 0) is 9.53 Å². The normalized spacial score (nSPS) is 11.4. The maximum Gasteiger partial charge on any atom is 0.305 e. The Kier molecular flexibility index (Phi) is 6.54. The second-order valence-electron chi connectivity index (χ2n) is 4.31. The number of ether oxygens (including phenoxy) is 1. The fourth-order valence-electron chi connectivity index (χ4n) is 1.50. The van der Waals surface area contributed by atoms with Crippen LogP contribution in [0.4, 0.5) is 0 Å². The van der Waals surface area contributed by atoms with E-state index in [1.165, 1.54) is 13.0 Å². The summed E-state index contributed by atoms with van der Waals surface area (Å²) in [6.45, 7) is 6.83. The van der Waals surface area contributed by atoms with E-state index in [4.69, 9.17) is 4.74 Å². The fraction of sp³-hybridized carbons (Fsp3) is 0.909. The van der Waals surface area contributed by atoms with Crippen LogP contribution in [0.25, 0.3) is 0 Å². The lowest BCUT2D eigenvalue weighted by Crippen LogP contribution is -2.41. The van der Waals surface area contributed by atoms with Crippen molar-refractivity contribution in [2.45, 2.75) is 33.1 Å². The third kappa shape index (κ3) is 6.89. The van der Waals surface area contributed by atoms with Crippen molar-refractivity contribution in [3.05, 3.63) is 0 Å². The maximum atomic E-state index is 10.8. The predicted octanol–water partition coefficient (Wildman–Crippen LogP) is 1.82. The zero-order valence-electron chi connectivity index (χ0n) is 10.0. The highest BCUT2D eigenvalue weighted by Gasteiger charge is 2.12. The van der Waals surface area contributed by atoms with Crippen LogP contribution in [0.1, 0.15) is 33.1 Å². The second kappa shape index (κ2) is 6.82. The van der Waals surface area contributed by atoms with Crippen LogP contribution in [0.2, 0.25) is 0 Å².